The maximum absolute atomic E-state index is 13.4. The first-order valence-electron chi connectivity index (χ1n) is 4.92. The molecule has 1 rings (SSSR count). The average molecular weight is 389 g/mol. The fourth-order valence-corrected chi connectivity index (χ4v) is 2.41. The second kappa shape index (κ2) is 6.06. The van der Waals surface area contributed by atoms with Crippen molar-refractivity contribution in [3.8, 4) is 0 Å². The van der Waals surface area contributed by atoms with Gasteiger partial charge in [-0.25, -0.2) is 13.2 Å². The van der Waals surface area contributed by atoms with Crippen LogP contribution in [0.2, 0.25) is 0 Å². The lowest BCUT2D eigenvalue weighted by Gasteiger charge is -2.26. The Morgan fingerprint density at radius 1 is 1.22 bits per heavy atom. The summed E-state index contributed by atoms with van der Waals surface area (Å²) in [6.07, 6.45) is 0. The van der Waals surface area contributed by atoms with E-state index in [4.69, 9.17) is 0 Å². The predicted molar refractivity (Wildman–Crippen MR) is 69.8 cm³/mol. The fraction of sp³-hybridized carbons (Fsp3) is 0.364. The Labute approximate surface area is 119 Å². The van der Waals surface area contributed by atoms with E-state index in [0.717, 1.165) is 0 Å². The van der Waals surface area contributed by atoms with E-state index in [1.165, 1.54) is 0 Å². The van der Waals surface area contributed by atoms with Gasteiger partial charge in [0, 0.05) is 22.8 Å². The highest BCUT2D eigenvalue weighted by Crippen LogP contribution is 2.17. The van der Waals surface area contributed by atoms with E-state index in [1.807, 2.05) is 0 Å². The van der Waals surface area contributed by atoms with E-state index >= 15 is 0 Å². The quantitative estimate of drug-likeness (QED) is 0.787. The van der Waals surface area contributed by atoms with E-state index in [-0.39, 0.29) is 0 Å². The molecule has 2 nitrogen and oxygen atoms in total. The first-order chi connectivity index (χ1) is 8.33. The molecule has 100 valence electrons. The first kappa shape index (κ1) is 15.5. The number of alkyl halides is 2. The molecular weight excluding hydrogens is 379 g/mol. The number of rotatable bonds is 4. The van der Waals surface area contributed by atoms with Crippen LogP contribution in [0.4, 0.5) is 13.2 Å². The molecule has 0 fully saturated rings. The van der Waals surface area contributed by atoms with Gasteiger partial charge in [0.05, 0.1) is 5.54 Å². The molecule has 0 saturated carbocycles. The molecule has 0 spiro atoms. The largest absolute Gasteiger partial charge is 0.345 e. The molecule has 0 radical (unpaired) electrons. The van der Waals surface area contributed by atoms with Crippen molar-refractivity contribution in [3.63, 3.8) is 0 Å². The standard InChI is InChI=1S/C11H10Br2F3NO/c1-11(4-12,5-13)17-10(18)9-7(15)2-6(14)3-8(9)16/h2-3H,4-5H2,1H3,(H,17,18). The average Bonchev–Trinajstić information content (AvgIpc) is 2.27. The van der Waals surface area contributed by atoms with Crippen LogP contribution < -0.4 is 5.32 Å². The zero-order chi connectivity index (χ0) is 13.9. The van der Waals surface area contributed by atoms with Gasteiger partial charge in [-0.3, -0.25) is 4.79 Å². The van der Waals surface area contributed by atoms with E-state index in [2.05, 4.69) is 37.2 Å². The summed E-state index contributed by atoms with van der Waals surface area (Å²) in [7, 11) is 0. The van der Waals surface area contributed by atoms with Crippen LogP contribution in [0, 0.1) is 17.5 Å². The van der Waals surface area contributed by atoms with Gasteiger partial charge in [-0.05, 0) is 6.92 Å². The zero-order valence-corrected chi connectivity index (χ0v) is 12.5. The topological polar surface area (TPSA) is 29.1 Å². The number of nitrogens with one attached hydrogen (secondary N) is 1. The summed E-state index contributed by atoms with van der Waals surface area (Å²) in [4.78, 5) is 11.8. The number of carbonyl (C=O) groups is 1. The second-order valence-electron chi connectivity index (χ2n) is 4.03. The molecule has 18 heavy (non-hydrogen) atoms. The van der Waals surface area contributed by atoms with Crippen LogP contribution in [0.3, 0.4) is 0 Å². The Kier molecular flexibility index (Phi) is 5.21. The zero-order valence-electron chi connectivity index (χ0n) is 9.37. The third kappa shape index (κ3) is 3.47. The molecule has 0 heterocycles. The lowest BCUT2D eigenvalue weighted by molar-refractivity contribution is 0.0914. The second-order valence-corrected chi connectivity index (χ2v) is 5.15. The van der Waals surface area contributed by atoms with Crippen molar-refractivity contribution in [1.82, 2.24) is 5.32 Å². The van der Waals surface area contributed by atoms with Gasteiger partial charge in [-0.15, -0.1) is 0 Å². The highest BCUT2D eigenvalue weighted by atomic mass is 79.9. The van der Waals surface area contributed by atoms with Crippen LogP contribution in [0.15, 0.2) is 12.1 Å². The summed E-state index contributed by atoms with van der Waals surface area (Å²) in [6.45, 7) is 1.69. The lowest BCUT2D eigenvalue weighted by Crippen LogP contribution is -2.49. The van der Waals surface area contributed by atoms with Gasteiger partial charge >= 0.3 is 0 Å². The maximum Gasteiger partial charge on any atom is 0.257 e. The molecule has 0 atom stereocenters. The Balaban J connectivity index is 3.05. The van der Waals surface area contributed by atoms with Crippen LogP contribution in [0.25, 0.3) is 0 Å². The van der Waals surface area contributed by atoms with Crippen LogP contribution in [0.5, 0.6) is 0 Å². The Morgan fingerprint density at radius 3 is 2.06 bits per heavy atom. The minimum absolute atomic E-state index is 0.390. The van der Waals surface area contributed by atoms with Gasteiger partial charge in [0.1, 0.15) is 23.0 Å². The van der Waals surface area contributed by atoms with Crippen molar-refractivity contribution in [3.05, 3.63) is 35.1 Å². The SMILES string of the molecule is CC(CBr)(CBr)NC(=O)c1c(F)cc(F)cc1F. The molecule has 0 aromatic heterocycles. The van der Waals surface area contributed by atoms with Crippen LogP contribution in [-0.2, 0) is 0 Å². The van der Waals surface area contributed by atoms with Crippen LogP contribution >= 0.6 is 31.9 Å². The van der Waals surface area contributed by atoms with Gasteiger partial charge in [0.2, 0.25) is 0 Å². The minimum atomic E-state index is -1.23. The number of hydrogen-bond donors (Lipinski definition) is 1. The normalized spacial score (nSPS) is 11.4. The highest BCUT2D eigenvalue weighted by Gasteiger charge is 2.27. The summed E-state index contributed by atoms with van der Waals surface area (Å²) in [5.41, 5.74) is -1.49. The molecule has 1 N–H and O–H groups in total. The van der Waals surface area contributed by atoms with Gasteiger partial charge in [0.25, 0.3) is 5.91 Å². The molecule has 0 saturated heterocycles. The molecule has 0 aliphatic rings. The molecule has 1 amide bonds. The molecule has 7 heteroatoms. The summed E-state index contributed by atoms with van der Waals surface area (Å²) in [5.74, 6) is -4.44. The van der Waals surface area contributed by atoms with Crippen molar-refractivity contribution in [2.75, 3.05) is 10.7 Å². The van der Waals surface area contributed by atoms with Crippen molar-refractivity contribution in [2.45, 2.75) is 12.5 Å². The molecule has 1 aromatic rings. The number of amides is 1. The van der Waals surface area contributed by atoms with E-state index in [0.29, 0.717) is 22.8 Å². The third-order valence-corrected chi connectivity index (χ3v) is 4.71. The molecule has 0 bridgehead atoms. The molecule has 1 aromatic carbocycles. The van der Waals surface area contributed by atoms with Crippen LogP contribution in [-0.4, -0.2) is 22.1 Å². The molecule has 0 unspecified atom stereocenters. The van der Waals surface area contributed by atoms with Crippen molar-refractivity contribution in [1.29, 1.82) is 0 Å². The monoisotopic (exact) mass is 387 g/mol. The van der Waals surface area contributed by atoms with Gasteiger partial charge in [0.15, 0.2) is 0 Å². The smallest absolute Gasteiger partial charge is 0.257 e. The highest BCUT2D eigenvalue weighted by molar-refractivity contribution is 9.09. The van der Waals surface area contributed by atoms with Crippen molar-refractivity contribution >= 4 is 37.8 Å². The molecular formula is C11H10Br2F3NO. The first-order valence-corrected chi connectivity index (χ1v) is 7.16. The third-order valence-electron chi connectivity index (χ3n) is 2.24. The van der Waals surface area contributed by atoms with Gasteiger partial charge in [-0.2, -0.15) is 0 Å². The molecule has 0 aliphatic heterocycles. The van der Waals surface area contributed by atoms with E-state index in [1.54, 1.807) is 6.92 Å². The number of halogens is 5. The molecule has 0 aliphatic carbocycles. The summed E-state index contributed by atoms with van der Waals surface area (Å²) in [5, 5.41) is 3.26. The Morgan fingerprint density at radius 2 is 1.67 bits per heavy atom. The van der Waals surface area contributed by atoms with Gasteiger partial charge in [-0.1, -0.05) is 31.9 Å². The van der Waals surface area contributed by atoms with Crippen molar-refractivity contribution in [2.24, 2.45) is 0 Å². The summed E-state index contributed by atoms with van der Waals surface area (Å²) < 4.78 is 39.5. The lowest BCUT2D eigenvalue weighted by atomic mass is 10.1. The Bertz CT molecular complexity index is 441. The number of carbonyl (C=O) groups excluding carboxylic acids is 1. The predicted octanol–water partition coefficient (Wildman–Crippen LogP) is 3.38. The van der Waals surface area contributed by atoms with Crippen molar-refractivity contribution < 1.29 is 18.0 Å². The minimum Gasteiger partial charge on any atom is -0.345 e. The number of benzene rings is 1. The fourth-order valence-electron chi connectivity index (χ4n) is 1.20. The van der Waals surface area contributed by atoms with Gasteiger partial charge < -0.3 is 5.32 Å². The van der Waals surface area contributed by atoms with E-state index < -0.39 is 34.5 Å². The summed E-state index contributed by atoms with van der Waals surface area (Å²) in [6, 6.07) is 0.940. The van der Waals surface area contributed by atoms with E-state index in [9.17, 15) is 18.0 Å². The van der Waals surface area contributed by atoms with Crippen LogP contribution in [0.1, 0.15) is 17.3 Å². The summed E-state index contributed by atoms with van der Waals surface area (Å²) >= 11 is 6.38. The maximum atomic E-state index is 13.4. The Hall–Kier alpha value is -0.560. The number of hydrogen-bond acceptors (Lipinski definition) is 1.